The zero-order chi connectivity index (χ0) is 22.2. The summed E-state index contributed by atoms with van der Waals surface area (Å²) < 4.78 is 5.52. The number of anilines is 2. The molecule has 0 unspecified atom stereocenters. The maximum atomic E-state index is 4.70. The minimum Gasteiger partial charge on any atom is -0.364 e. The number of benzene rings is 1. The lowest BCUT2D eigenvalue weighted by atomic mass is 10.2. The summed E-state index contributed by atoms with van der Waals surface area (Å²) in [6.45, 7) is 4.14. The topological polar surface area (TPSA) is 85.2 Å². The monoisotopic (exact) mass is 440 g/mol. The fourth-order valence-electron chi connectivity index (χ4n) is 4.23. The van der Waals surface area contributed by atoms with E-state index < -0.39 is 0 Å². The molecule has 1 aliphatic rings. The van der Waals surface area contributed by atoms with E-state index in [1.54, 1.807) is 4.68 Å². The second-order valence-electron chi connectivity index (χ2n) is 8.25. The number of fused-ring (bicyclic) bond motifs is 1. The molecule has 10 nitrogen and oxygen atoms in total. The van der Waals surface area contributed by atoms with E-state index in [-0.39, 0.29) is 0 Å². The molecular weight excluding hydrogens is 416 g/mol. The van der Waals surface area contributed by atoms with Crippen LogP contribution in [0.15, 0.2) is 67.6 Å². The first-order chi connectivity index (χ1) is 16.2. The van der Waals surface area contributed by atoms with Gasteiger partial charge in [-0.2, -0.15) is 10.2 Å². The van der Waals surface area contributed by atoms with E-state index in [1.165, 1.54) is 5.56 Å². The highest BCUT2D eigenvalue weighted by Gasteiger charge is 2.23. The summed E-state index contributed by atoms with van der Waals surface area (Å²) in [6.07, 6.45) is 11.4. The van der Waals surface area contributed by atoms with Crippen LogP contribution in [0.1, 0.15) is 5.56 Å². The lowest BCUT2D eigenvalue weighted by Gasteiger charge is -2.34. The lowest BCUT2D eigenvalue weighted by Crippen LogP contribution is -2.47. The first kappa shape index (κ1) is 19.5. The van der Waals surface area contributed by atoms with Crippen LogP contribution in [0.2, 0.25) is 0 Å². The van der Waals surface area contributed by atoms with Gasteiger partial charge in [0.15, 0.2) is 5.65 Å². The first-order valence-corrected chi connectivity index (χ1v) is 11.0. The standard InChI is InChI=1S/C23H24N10/c1-29-15-20(12-26-29)19-11-24-22-21(13-27-33(22)16-19)30-7-9-31(10-8-30)23-25-17-32(28-23)14-18-5-3-2-4-6-18/h2-6,11-13,15-17H,7-10,14H2,1H3. The number of rotatable bonds is 5. The van der Waals surface area contributed by atoms with Crippen molar-refractivity contribution in [1.29, 1.82) is 0 Å². The van der Waals surface area contributed by atoms with Gasteiger partial charge >= 0.3 is 0 Å². The van der Waals surface area contributed by atoms with Gasteiger partial charge < -0.3 is 9.80 Å². The molecule has 0 N–H and O–H groups in total. The third kappa shape index (κ3) is 3.79. The fourth-order valence-corrected chi connectivity index (χ4v) is 4.23. The number of aromatic nitrogens is 8. The molecule has 1 aromatic carbocycles. The molecule has 10 heteroatoms. The number of nitrogens with zero attached hydrogens (tertiary/aromatic N) is 10. The van der Waals surface area contributed by atoms with E-state index in [1.807, 2.05) is 71.8 Å². The molecule has 5 aromatic rings. The predicted molar refractivity (Wildman–Crippen MR) is 125 cm³/mol. The minimum atomic E-state index is 0.725. The van der Waals surface area contributed by atoms with Gasteiger partial charge in [-0.05, 0) is 5.56 Å². The maximum Gasteiger partial charge on any atom is 0.244 e. The van der Waals surface area contributed by atoms with Crippen molar-refractivity contribution < 1.29 is 0 Å². The Bertz CT molecular complexity index is 1370. The number of piperazine rings is 1. The lowest BCUT2D eigenvalue weighted by molar-refractivity contribution is 0.628. The van der Waals surface area contributed by atoms with Gasteiger partial charge in [-0.1, -0.05) is 30.3 Å². The Hall–Kier alpha value is -4.21. The highest BCUT2D eigenvalue weighted by Crippen LogP contribution is 2.25. The van der Waals surface area contributed by atoms with E-state index in [4.69, 9.17) is 4.98 Å². The van der Waals surface area contributed by atoms with Crippen molar-refractivity contribution in [2.45, 2.75) is 6.54 Å². The Labute approximate surface area is 190 Å². The Morgan fingerprint density at radius 3 is 2.39 bits per heavy atom. The average Bonchev–Trinajstić information content (AvgIpc) is 3.59. The van der Waals surface area contributed by atoms with Crippen molar-refractivity contribution in [3.63, 3.8) is 0 Å². The van der Waals surface area contributed by atoms with Gasteiger partial charge in [0.25, 0.3) is 0 Å². The Morgan fingerprint density at radius 2 is 1.61 bits per heavy atom. The zero-order valence-electron chi connectivity index (χ0n) is 18.4. The van der Waals surface area contributed by atoms with Gasteiger partial charge in [0.2, 0.25) is 5.95 Å². The van der Waals surface area contributed by atoms with E-state index in [0.717, 1.165) is 61.1 Å². The van der Waals surface area contributed by atoms with Crippen molar-refractivity contribution in [2.24, 2.45) is 7.05 Å². The minimum absolute atomic E-state index is 0.725. The van der Waals surface area contributed by atoms with Gasteiger partial charge in [0.1, 0.15) is 12.0 Å². The number of hydrogen-bond donors (Lipinski definition) is 0. The van der Waals surface area contributed by atoms with Crippen molar-refractivity contribution in [3.05, 3.63) is 73.2 Å². The van der Waals surface area contributed by atoms with Crippen LogP contribution >= 0.6 is 0 Å². The van der Waals surface area contributed by atoms with Gasteiger partial charge in [0, 0.05) is 62.9 Å². The van der Waals surface area contributed by atoms with Gasteiger partial charge in [-0.25, -0.2) is 19.2 Å². The number of hydrogen-bond acceptors (Lipinski definition) is 7. The summed E-state index contributed by atoms with van der Waals surface area (Å²) in [5, 5.41) is 13.5. The summed E-state index contributed by atoms with van der Waals surface area (Å²) in [5.41, 5.74) is 5.14. The smallest absolute Gasteiger partial charge is 0.244 e. The molecule has 0 bridgehead atoms. The van der Waals surface area contributed by atoms with Crippen molar-refractivity contribution in [3.8, 4) is 11.1 Å². The molecule has 166 valence electrons. The van der Waals surface area contributed by atoms with Crippen molar-refractivity contribution in [2.75, 3.05) is 36.0 Å². The average molecular weight is 441 g/mol. The Kier molecular flexibility index (Phi) is 4.75. The van der Waals surface area contributed by atoms with Crippen LogP contribution in [-0.2, 0) is 13.6 Å². The molecule has 0 atom stereocenters. The molecule has 0 saturated carbocycles. The van der Waals surface area contributed by atoms with E-state index >= 15 is 0 Å². The molecule has 0 spiro atoms. The summed E-state index contributed by atoms with van der Waals surface area (Å²) in [4.78, 5) is 13.8. The van der Waals surface area contributed by atoms with Crippen LogP contribution in [-0.4, -0.2) is 65.3 Å². The molecule has 33 heavy (non-hydrogen) atoms. The molecular formula is C23H24N10. The third-order valence-corrected chi connectivity index (χ3v) is 5.99. The third-order valence-electron chi connectivity index (χ3n) is 5.99. The van der Waals surface area contributed by atoms with Gasteiger partial charge in [0.05, 0.1) is 18.9 Å². The summed E-state index contributed by atoms with van der Waals surface area (Å²) >= 11 is 0. The van der Waals surface area contributed by atoms with Crippen LogP contribution in [0.25, 0.3) is 16.8 Å². The molecule has 0 aliphatic carbocycles. The molecule has 1 fully saturated rings. The van der Waals surface area contributed by atoms with E-state index in [9.17, 15) is 0 Å². The number of aryl methyl sites for hydroxylation is 1. The fraction of sp³-hybridized carbons (Fsp3) is 0.261. The SMILES string of the molecule is Cn1cc(-c2cnc3c(N4CCN(c5ncn(Cc6ccccc6)n5)CC4)cnn3c2)cn1. The van der Waals surface area contributed by atoms with E-state index in [0.29, 0.717) is 0 Å². The van der Waals surface area contributed by atoms with Crippen LogP contribution in [0.5, 0.6) is 0 Å². The summed E-state index contributed by atoms with van der Waals surface area (Å²) in [5.74, 6) is 0.782. The van der Waals surface area contributed by atoms with Crippen LogP contribution in [0, 0.1) is 0 Å². The molecule has 5 heterocycles. The second kappa shape index (κ2) is 8.05. The van der Waals surface area contributed by atoms with Gasteiger partial charge in [-0.3, -0.25) is 4.68 Å². The van der Waals surface area contributed by atoms with Crippen LogP contribution in [0.3, 0.4) is 0 Å². The molecule has 1 saturated heterocycles. The summed E-state index contributed by atoms with van der Waals surface area (Å²) in [6, 6.07) is 10.3. The van der Waals surface area contributed by atoms with Crippen molar-refractivity contribution in [1.82, 2.24) is 39.1 Å². The van der Waals surface area contributed by atoms with E-state index in [2.05, 4.69) is 42.2 Å². The molecule has 0 amide bonds. The largest absolute Gasteiger partial charge is 0.364 e. The van der Waals surface area contributed by atoms with Crippen LogP contribution in [0.4, 0.5) is 11.6 Å². The molecule has 6 rings (SSSR count). The first-order valence-electron chi connectivity index (χ1n) is 11.0. The summed E-state index contributed by atoms with van der Waals surface area (Å²) in [7, 11) is 1.91. The maximum absolute atomic E-state index is 4.70. The zero-order valence-corrected chi connectivity index (χ0v) is 18.4. The molecule has 4 aromatic heterocycles. The van der Waals surface area contributed by atoms with Gasteiger partial charge in [-0.15, -0.1) is 5.10 Å². The predicted octanol–water partition coefficient (Wildman–Crippen LogP) is 2.10. The quantitative estimate of drug-likeness (QED) is 0.414. The molecule has 1 aliphatic heterocycles. The van der Waals surface area contributed by atoms with Crippen LogP contribution < -0.4 is 9.80 Å². The second-order valence-corrected chi connectivity index (χ2v) is 8.25. The normalized spacial score (nSPS) is 14.3. The highest BCUT2D eigenvalue weighted by molar-refractivity contribution is 5.71. The van der Waals surface area contributed by atoms with Crippen molar-refractivity contribution >= 4 is 17.3 Å². The Balaban J connectivity index is 1.14. The highest BCUT2D eigenvalue weighted by atomic mass is 15.4. The Morgan fingerprint density at radius 1 is 0.818 bits per heavy atom. The molecule has 0 radical (unpaired) electrons.